The number of hydrogen-bond acceptors (Lipinski definition) is 4. The second-order valence-electron chi connectivity index (χ2n) is 8.17. The number of carbonyl (C=O) groups is 1. The fraction of sp³-hybridized carbons (Fsp3) is 0.320. The number of hydrogen-bond donors (Lipinski definition) is 2. The van der Waals surface area contributed by atoms with Crippen molar-refractivity contribution in [2.75, 3.05) is 21.3 Å². The molecule has 1 atom stereocenters. The minimum atomic E-state index is -0.123. The zero-order valence-corrected chi connectivity index (χ0v) is 18.7. The molecule has 0 aliphatic heterocycles. The van der Waals surface area contributed by atoms with Crippen LogP contribution in [0.2, 0.25) is 0 Å². The van der Waals surface area contributed by atoms with E-state index in [2.05, 4.69) is 16.4 Å². The Morgan fingerprint density at radius 3 is 2.56 bits per heavy atom. The number of benzene rings is 2. The van der Waals surface area contributed by atoms with Crippen LogP contribution in [0.1, 0.15) is 40.6 Å². The summed E-state index contributed by atoms with van der Waals surface area (Å²) in [7, 11) is 6.81. The molecule has 0 radical (unpaired) electrons. The lowest BCUT2D eigenvalue weighted by molar-refractivity contribution is 0.0924. The molecule has 7 nitrogen and oxygen atoms in total. The maximum Gasteiger partial charge on any atom is 0.268 e. The van der Waals surface area contributed by atoms with Gasteiger partial charge in [-0.05, 0) is 61.2 Å². The normalized spacial score (nSPS) is 15.6. The van der Waals surface area contributed by atoms with Crippen LogP contribution in [0.3, 0.4) is 0 Å². The van der Waals surface area contributed by atoms with Crippen molar-refractivity contribution in [3.63, 3.8) is 0 Å². The van der Waals surface area contributed by atoms with Crippen LogP contribution in [0, 0.1) is 0 Å². The molecule has 32 heavy (non-hydrogen) atoms. The third-order valence-electron chi connectivity index (χ3n) is 6.51. The van der Waals surface area contributed by atoms with E-state index in [0.29, 0.717) is 17.2 Å². The molecular weight excluding hydrogens is 406 g/mol. The highest BCUT2D eigenvalue weighted by atomic mass is 16.5. The van der Waals surface area contributed by atoms with Crippen LogP contribution in [0.15, 0.2) is 36.4 Å². The van der Waals surface area contributed by atoms with Crippen LogP contribution < -0.4 is 19.5 Å². The Hall–Kier alpha value is -3.61. The first kappa shape index (κ1) is 20.3. The largest absolute Gasteiger partial charge is 0.497 e. The van der Waals surface area contributed by atoms with Crippen molar-refractivity contribution in [1.82, 2.24) is 14.9 Å². The molecule has 1 amide bonds. The highest BCUT2D eigenvalue weighted by Crippen LogP contribution is 2.38. The summed E-state index contributed by atoms with van der Waals surface area (Å²) in [6.07, 6.45) is 2.88. The second-order valence-corrected chi connectivity index (χ2v) is 8.17. The molecule has 0 bridgehead atoms. The SMILES string of the molecule is COc1ccc2[nH]c3c(c2c1)CCC[C@H]3NC(=O)c1cc2c(OC)ccc(OC)c2n1C. The Labute approximate surface area is 186 Å². The van der Waals surface area contributed by atoms with Crippen LogP contribution in [-0.2, 0) is 13.5 Å². The number of H-pyrrole nitrogens is 1. The number of nitrogens with one attached hydrogen (secondary N) is 2. The van der Waals surface area contributed by atoms with Crippen LogP contribution in [0.5, 0.6) is 17.2 Å². The van der Waals surface area contributed by atoms with Gasteiger partial charge in [0, 0.05) is 29.0 Å². The third kappa shape index (κ3) is 3.07. The first-order chi connectivity index (χ1) is 15.5. The molecule has 2 heterocycles. The number of amides is 1. The van der Waals surface area contributed by atoms with Crippen molar-refractivity contribution in [2.24, 2.45) is 7.05 Å². The summed E-state index contributed by atoms with van der Waals surface area (Å²) < 4.78 is 18.3. The van der Waals surface area contributed by atoms with Crippen molar-refractivity contribution in [3.05, 3.63) is 53.3 Å². The second kappa shape index (κ2) is 7.82. The summed E-state index contributed by atoms with van der Waals surface area (Å²) in [5, 5.41) is 5.27. The molecule has 5 rings (SSSR count). The Kier molecular flexibility index (Phi) is 4.96. The molecule has 0 unspecified atom stereocenters. The lowest BCUT2D eigenvalue weighted by Crippen LogP contribution is -2.32. The van der Waals surface area contributed by atoms with E-state index in [0.717, 1.165) is 52.5 Å². The van der Waals surface area contributed by atoms with E-state index >= 15 is 0 Å². The number of fused-ring (bicyclic) bond motifs is 4. The molecule has 166 valence electrons. The van der Waals surface area contributed by atoms with E-state index in [1.54, 1.807) is 21.3 Å². The maximum absolute atomic E-state index is 13.4. The van der Waals surface area contributed by atoms with Gasteiger partial charge in [0.25, 0.3) is 5.91 Å². The van der Waals surface area contributed by atoms with Gasteiger partial charge in [0.15, 0.2) is 0 Å². The minimum absolute atomic E-state index is 0.0774. The summed E-state index contributed by atoms with van der Waals surface area (Å²) in [6, 6.07) is 11.6. The predicted molar refractivity (Wildman–Crippen MR) is 124 cm³/mol. The molecule has 0 spiro atoms. The van der Waals surface area contributed by atoms with Crippen molar-refractivity contribution in [2.45, 2.75) is 25.3 Å². The Morgan fingerprint density at radius 1 is 1.03 bits per heavy atom. The van der Waals surface area contributed by atoms with Crippen LogP contribution in [0.25, 0.3) is 21.8 Å². The highest BCUT2D eigenvalue weighted by Gasteiger charge is 2.27. The summed E-state index contributed by atoms with van der Waals surface area (Å²) in [5.74, 6) is 2.12. The Balaban J connectivity index is 1.52. The summed E-state index contributed by atoms with van der Waals surface area (Å²) in [4.78, 5) is 16.9. The van der Waals surface area contributed by atoms with Gasteiger partial charge < -0.3 is 29.1 Å². The number of methoxy groups -OCH3 is 3. The number of aromatic nitrogens is 2. The van der Waals surface area contributed by atoms with Crippen molar-refractivity contribution < 1.29 is 19.0 Å². The number of rotatable bonds is 5. The Morgan fingerprint density at radius 2 is 1.81 bits per heavy atom. The standard InChI is InChI=1S/C25H27N3O4/c1-28-20(13-17-21(31-3)10-11-22(32-4)24(17)28)25(29)27-19-7-5-6-15-16-12-14(30-2)8-9-18(16)26-23(15)19/h8-13,19,26H,5-7H2,1-4H3,(H,27,29)/t19-/m1/s1. The summed E-state index contributed by atoms with van der Waals surface area (Å²) in [6.45, 7) is 0. The van der Waals surface area contributed by atoms with Crippen molar-refractivity contribution >= 4 is 27.7 Å². The van der Waals surface area contributed by atoms with E-state index in [9.17, 15) is 4.79 Å². The van der Waals surface area contributed by atoms with Gasteiger partial charge in [-0.2, -0.15) is 0 Å². The maximum atomic E-state index is 13.4. The zero-order chi connectivity index (χ0) is 22.4. The van der Waals surface area contributed by atoms with E-state index < -0.39 is 0 Å². The monoisotopic (exact) mass is 433 g/mol. The average molecular weight is 434 g/mol. The van der Waals surface area contributed by atoms with Gasteiger partial charge in [-0.1, -0.05) is 0 Å². The summed E-state index contributed by atoms with van der Waals surface area (Å²) in [5.41, 5.74) is 4.81. The fourth-order valence-electron chi connectivity index (χ4n) is 4.91. The topological polar surface area (TPSA) is 77.5 Å². The molecule has 2 N–H and O–H groups in total. The van der Waals surface area contributed by atoms with Crippen LogP contribution in [-0.4, -0.2) is 36.8 Å². The number of aryl methyl sites for hydroxylation is 2. The van der Waals surface area contributed by atoms with Crippen molar-refractivity contribution in [1.29, 1.82) is 0 Å². The average Bonchev–Trinajstić information content (AvgIpc) is 3.37. The molecular formula is C25H27N3O4. The Bertz CT molecular complexity index is 1330. The predicted octanol–water partition coefficient (Wildman–Crippen LogP) is 4.49. The zero-order valence-electron chi connectivity index (χ0n) is 18.7. The fourth-order valence-corrected chi connectivity index (χ4v) is 4.91. The van der Waals surface area contributed by atoms with E-state index in [1.807, 2.05) is 41.9 Å². The van der Waals surface area contributed by atoms with Gasteiger partial charge >= 0.3 is 0 Å². The molecule has 0 saturated heterocycles. The molecule has 1 aliphatic carbocycles. The first-order valence-electron chi connectivity index (χ1n) is 10.8. The van der Waals surface area contributed by atoms with Crippen LogP contribution in [0.4, 0.5) is 0 Å². The van der Waals surface area contributed by atoms with Crippen LogP contribution >= 0.6 is 0 Å². The van der Waals surface area contributed by atoms with Gasteiger partial charge in [-0.3, -0.25) is 4.79 Å². The third-order valence-corrected chi connectivity index (χ3v) is 6.51. The summed E-state index contributed by atoms with van der Waals surface area (Å²) >= 11 is 0. The smallest absolute Gasteiger partial charge is 0.268 e. The molecule has 7 heteroatoms. The number of nitrogens with zero attached hydrogens (tertiary/aromatic N) is 1. The van der Waals surface area contributed by atoms with Gasteiger partial charge in [0.2, 0.25) is 0 Å². The number of ether oxygens (including phenoxy) is 3. The van der Waals surface area contributed by atoms with Gasteiger partial charge in [-0.25, -0.2) is 0 Å². The van der Waals surface area contributed by atoms with E-state index in [-0.39, 0.29) is 11.9 Å². The lowest BCUT2D eigenvalue weighted by Gasteiger charge is -2.24. The first-order valence-corrected chi connectivity index (χ1v) is 10.8. The highest BCUT2D eigenvalue weighted by molar-refractivity contribution is 6.02. The van der Waals surface area contributed by atoms with Gasteiger partial charge in [-0.15, -0.1) is 0 Å². The molecule has 0 saturated carbocycles. The number of carbonyl (C=O) groups excluding carboxylic acids is 1. The molecule has 0 fully saturated rings. The molecule has 1 aliphatic rings. The van der Waals surface area contributed by atoms with Gasteiger partial charge in [0.1, 0.15) is 22.9 Å². The molecule has 2 aromatic heterocycles. The van der Waals surface area contributed by atoms with Crippen molar-refractivity contribution in [3.8, 4) is 17.2 Å². The number of aromatic amines is 1. The minimum Gasteiger partial charge on any atom is -0.497 e. The van der Waals surface area contributed by atoms with E-state index in [1.165, 1.54) is 5.56 Å². The lowest BCUT2D eigenvalue weighted by atomic mass is 9.91. The quantitative estimate of drug-likeness (QED) is 0.486. The van der Waals surface area contributed by atoms with E-state index in [4.69, 9.17) is 14.2 Å². The van der Waals surface area contributed by atoms with Gasteiger partial charge in [0.05, 0.1) is 32.9 Å². The molecule has 4 aromatic rings. The molecule has 2 aromatic carbocycles.